The number of carbonyl (C=O) groups is 2. The van der Waals surface area contributed by atoms with Crippen LogP contribution in [0.15, 0.2) is 18.2 Å². The van der Waals surface area contributed by atoms with Crippen LogP contribution < -0.4 is 4.90 Å². The van der Waals surface area contributed by atoms with Gasteiger partial charge in [0.25, 0.3) is 0 Å². The Morgan fingerprint density at radius 2 is 1.95 bits per heavy atom. The van der Waals surface area contributed by atoms with Crippen molar-refractivity contribution in [2.45, 2.75) is 39.7 Å². The molecule has 1 amide bonds. The van der Waals surface area contributed by atoms with Gasteiger partial charge >= 0.3 is 12.1 Å². The highest BCUT2D eigenvalue weighted by Gasteiger charge is 2.24. The predicted molar refractivity (Wildman–Crippen MR) is 82.0 cm³/mol. The van der Waals surface area contributed by atoms with Crippen LogP contribution in [0.4, 0.5) is 10.5 Å². The van der Waals surface area contributed by atoms with Gasteiger partial charge in [-0.15, -0.1) is 0 Å². The van der Waals surface area contributed by atoms with E-state index < -0.39 is 17.7 Å². The molecule has 1 N–H and O–H groups in total. The van der Waals surface area contributed by atoms with Gasteiger partial charge in [-0.1, -0.05) is 17.7 Å². The van der Waals surface area contributed by atoms with Crippen LogP contribution >= 0.6 is 11.6 Å². The van der Waals surface area contributed by atoms with Crippen molar-refractivity contribution in [1.29, 1.82) is 0 Å². The molecule has 116 valence electrons. The summed E-state index contributed by atoms with van der Waals surface area (Å²) in [6.45, 7) is 7.12. The first-order valence-corrected chi connectivity index (χ1v) is 6.96. The third-order valence-electron chi connectivity index (χ3n) is 2.63. The number of benzene rings is 1. The lowest BCUT2D eigenvalue weighted by Crippen LogP contribution is -2.38. The van der Waals surface area contributed by atoms with Gasteiger partial charge in [0.2, 0.25) is 0 Å². The van der Waals surface area contributed by atoms with Crippen LogP contribution in [-0.2, 0) is 9.53 Å². The van der Waals surface area contributed by atoms with Crippen LogP contribution in [0.1, 0.15) is 32.8 Å². The molecular formula is C15H20ClNO4. The van der Waals surface area contributed by atoms with Crippen molar-refractivity contribution in [2.75, 3.05) is 11.4 Å². The zero-order valence-electron chi connectivity index (χ0n) is 12.6. The van der Waals surface area contributed by atoms with E-state index in [0.29, 0.717) is 10.7 Å². The maximum atomic E-state index is 12.2. The van der Waals surface area contributed by atoms with Crippen LogP contribution in [0.25, 0.3) is 0 Å². The van der Waals surface area contributed by atoms with Crippen molar-refractivity contribution in [2.24, 2.45) is 0 Å². The Morgan fingerprint density at radius 1 is 1.33 bits per heavy atom. The van der Waals surface area contributed by atoms with Gasteiger partial charge in [-0.2, -0.15) is 0 Å². The largest absolute Gasteiger partial charge is 0.481 e. The van der Waals surface area contributed by atoms with Gasteiger partial charge in [-0.05, 0) is 45.4 Å². The average Bonchev–Trinajstić information content (AvgIpc) is 2.31. The third kappa shape index (κ3) is 5.63. The Bertz CT molecular complexity index is 537. The number of anilines is 1. The number of carbonyl (C=O) groups excluding carboxylic acids is 1. The number of carboxylic acid groups (broad SMARTS) is 1. The van der Waals surface area contributed by atoms with Gasteiger partial charge in [0.05, 0.1) is 6.42 Å². The van der Waals surface area contributed by atoms with Gasteiger partial charge in [-0.25, -0.2) is 4.79 Å². The van der Waals surface area contributed by atoms with E-state index in [-0.39, 0.29) is 13.0 Å². The molecule has 0 heterocycles. The summed E-state index contributed by atoms with van der Waals surface area (Å²) >= 11 is 6.06. The number of halogens is 1. The van der Waals surface area contributed by atoms with Gasteiger partial charge < -0.3 is 9.84 Å². The molecule has 0 spiro atoms. The molecule has 0 radical (unpaired) electrons. The van der Waals surface area contributed by atoms with Crippen molar-refractivity contribution in [3.05, 3.63) is 28.8 Å². The fraction of sp³-hybridized carbons (Fsp3) is 0.467. The molecule has 1 aromatic rings. The smallest absolute Gasteiger partial charge is 0.414 e. The highest BCUT2D eigenvalue weighted by Crippen LogP contribution is 2.25. The number of nitrogens with zero attached hydrogens (tertiary/aromatic N) is 1. The molecule has 0 saturated heterocycles. The first-order valence-electron chi connectivity index (χ1n) is 6.58. The van der Waals surface area contributed by atoms with Crippen LogP contribution in [0.5, 0.6) is 0 Å². The molecular weight excluding hydrogens is 294 g/mol. The monoisotopic (exact) mass is 313 g/mol. The molecule has 6 heteroatoms. The van der Waals surface area contributed by atoms with Gasteiger partial charge in [0.15, 0.2) is 0 Å². The normalized spacial score (nSPS) is 11.1. The first-order chi connectivity index (χ1) is 9.60. The standard InChI is InChI=1S/C15H20ClNO4/c1-10-5-6-11(9-12(10)16)17(8-7-13(18)19)14(20)21-15(2,3)4/h5-6,9H,7-8H2,1-4H3,(H,18,19). The molecule has 21 heavy (non-hydrogen) atoms. The van der Waals surface area contributed by atoms with Crippen molar-refractivity contribution in [3.63, 3.8) is 0 Å². The lowest BCUT2D eigenvalue weighted by atomic mass is 10.2. The molecule has 0 aliphatic heterocycles. The quantitative estimate of drug-likeness (QED) is 0.916. The minimum absolute atomic E-state index is 0.0175. The highest BCUT2D eigenvalue weighted by molar-refractivity contribution is 6.31. The Morgan fingerprint density at radius 3 is 2.43 bits per heavy atom. The van der Waals surface area contributed by atoms with Crippen LogP contribution in [0.2, 0.25) is 5.02 Å². The number of aryl methyl sites for hydroxylation is 1. The molecule has 0 atom stereocenters. The summed E-state index contributed by atoms with van der Waals surface area (Å²) in [6.07, 6.45) is -0.770. The van der Waals surface area contributed by atoms with E-state index in [1.807, 2.05) is 6.92 Å². The van der Waals surface area contributed by atoms with Crippen LogP contribution in [-0.4, -0.2) is 29.3 Å². The zero-order valence-corrected chi connectivity index (χ0v) is 13.4. The number of carboxylic acids is 1. The summed E-state index contributed by atoms with van der Waals surface area (Å²) < 4.78 is 5.31. The third-order valence-corrected chi connectivity index (χ3v) is 3.04. The fourth-order valence-electron chi connectivity index (χ4n) is 1.60. The summed E-state index contributed by atoms with van der Waals surface area (Å²) in [4.78, 5) is 24.3. The number of ether oxygens (including phenoxy) is 1. The van der Waals surface area contributed by atoms with E-state index in [1.165, 1.54) is 4.90 Å². The van der Waals surface area contributed by atoms with Gasteiger partial charge in [-0.3, -0.25) is 9.69 Å². The molecule has 0 saturated carbocycles. The minimum atomic E-state index is -0.984. The summed E-state index contributed by atoms with van der Waals surface area (Å²) in [5.41, 5.74) is 0.733. The maximum Gasteiger partial charge on any atom is 0.414 e. The molecule has 5 nitrogen and oxygen atoms in total. The zero-order chi connectivity index (χ0) is 16.2. The Balaban J connectivity index is 3.03. The number of rotatable bonds is 4. The molecule has 1 aromatic carbocycles. The summed E-state index contributed by atoms with van der Waals surface area (Å²) in [5.74, 6) is -0.984. The first kappa shape index (κ1) is 17.3. The maximum absolute atomic E-state index is 12.2. The Labute approximate surface area is 129 Å². The molecule has 0 aliphatic rings. The van der Waals surface area contributed by atoms with E-state index in [4.69, 9.17) is 21.4 Å². The second-order valence-electron chi connectivity index (χ2n) is 5.71. The van der Waals surface area contributed by atoms with E-state index in [2.05, 4.69) is 0 Å². The Hall–Kier alpha value is -1.75. The highest BCUT2D eigenvalue weighted by atomic mass is 35.5. The van der Waals surface area contributed by atoms with E-state index in [9.17, 15) is 9.59 Å². The van der Waals surface area contributed by atoms with Gasteiger partial charge in [0, 0.05) is 17.3 Å². The van der Waals surface area contributed by atoms with E-state index in [0.717, 1.165) is 5.56 Å². The number of aliphatic carboxylic acids is 1. The lowest BCUT2D eigenvalue weighted by molar-refractivity contribution is -0.136. The summed E-state index contributed by atoms with van der Waals surface area (Å²) in [5, 5.41) is 9.33. The SMILES string of the molecule is Cc1ccc(N(CCC(=O)O)C(=O)OC(C)(C)C)cc1Cl. The number of amides is 1. The minimum Gasteiger partial charge on any atom is -0.481 e. The lowest BCUT2D eigenvalue weighted by Gasteiger charge is -2.27. The molecule has 1 rings (SSSR count). The number of hydrogen-bond donors (Lipinski definition) is 1. The van der Waals surface area contributed by atoms with E-state index in [1.54, 1.807) is 39.0 Å². The molecule has 0 unspecified atom stereocenters. The fourth-order valence-corrected chi connectivity index (χ4v) is 1.77. The predicted octanol–water partition coefficient (Wildman–Crippen LogP) is 3.86. The second kappa shape index (κ2) is 6.80. The molecule has 0 aromatic heterocycles. The van der Waals surface area contributed by atoms with Crippen LogP contribution in [0.3, 0.4) is 0 Å². The van der Waals surface area contributed by atoms with Gasteiger partial charge in [0.1, 0.15) is 5.60 Å². The van der Waals surface area contributed by atoms with Crippen molar-refractivity contribution in [1.82, 2.24) is 0 Å². The Kier molecular flexibility index (Phi) is 5.61. The second-order valence-corrected chi connectivity index (χ2v) is 6.12. The molecule has 0 aliphatic carbocycles. The average molecular weight is 314 g/mol. The summed E-state index contributed by atoms with van der Waals surface area (Å²) in [6, 6.07) is 5.12. The van der Waals surface area contributed by atoms with Crippen LogP contribution in [0, 0.1) is 6.92 Å². The van der Waals surface area contributed by atoms with Crippen molar-refractivity contribution < 1.29 is 19.4 Å². The van der Waals surface area contributed by atoms with Crippen molar-refractivity contribution >= 4 is 29.4 Å². The molecule has 0 fully saturated rings. The van der Waals surface area contributed by atoms with E-state index >= 15 is 0 Å². The van der Waals surface area contributed by atoms with Crippen molar-refractivity contribution in [3.8, 4) is 0 Å². The topological polar surface area (TPSA) is 66.8 Å². The summed E-state index contributed by atoms with van der Waals surface area (Å²) in [7, 11) is 0. The number of hydrogen-bond acceptors (Lipinski definition) is 3. The molecule has 0 bridgehead atoms.